The molecule has 7 aliphatic rings. The second-order valence-corrected chi connectivity index (χ2v) is 19.9. The zero-order valence-corrected chi connectivity index (χ0v) is 33.0. The van der Waals surface area contributed by atoms with E-state index in [1.54, 1.807) is 0 Å². The Bertz CT molecular complexity index is 1450. The molecule has 0 radical (unpaired) electrons. The van der Waals surface area contributed by atoms with Crippen LogP contribution in [0.15, 0.2) is 11.6 Å². The second-order valence-electron chi connectivity index (χ2n) is 19.9. The summed E-state index contributed by atoms with van der Waals surface area (Å²) in [6.07, 6.45) is -5.10. The van der Waals surface area contributed by atoms with Crippen molar-refractivity contribution in [2.24, 2.45) is 50.7 Å². The van der Waals surface area contributed by atoms with Crippen LogP contribution in [0.2, 0.25) is 0 Å². The van der Waals surface area contributed by atoms with Crippen LogP contribution in [-0.4, -0.2) is 139 Å². The van der Waals surface area contributed by atoms with Crippen molar-refractivity contribution < 1.29 is 69.7 Å². The molecule has 0 amide bonds. The van der Waals surface area contributed by atoms with Crippen molar-refractivity contribution in [2.75, 3.05) is 19.8 Å². The molecule has 5 aliphatic carbocycles. The zero-order valence-electron chi connectivity index (χ0n) is 33.0. The molecule has 14 heteroatoms. The van der Waals surface area contributed by atoms with Gasteiger partial charge in [0.2, 0.25) is 6.29 Å². The molecule has 0 unspecified atom stereocenters. The molecule has 6 fully saturated rings. The number of allylic oxidation sites excluding steroid dienone is 2. The van der Waals surface area contributed by atoms with E-state index >= 15 is 0 Å². The highest BCUT2D eigenvalue weighted by atomic mass is 16.7. The van der Waals surface area contributed by atoms with Crippen LogP contribution in [-0.2, 0) is 23.7 Å². The first-order valence-electron chi connectivity index (χ1n) is 20.6. The van der Waals surface area contributed by atoms with Gasteiger partial charge in [0.1, 0.15) is 48.8 Å². The standard InChI is InChI=1S/C41H66O14/c1-37(2)14-15-41(36(51)55-35-33(50)31(48)29(46)24(18-43)53-35)13-8-21-20(22(41)16-37)6-7-25-38(21,3)11-9-26-39(25,4)12-10-27(40(26,5)19-44)54-34-32(49)30(47)28(45)23(17-42)52-34/h6,21-35,42-50H,7-19H2,1-5H3/t21-,22+,23-,24-,25+,26-,27+,28-,29-,30+,31+,32-,33-,34+,35+,38+,39-,40+,41-/m1/s1. The van der Waals surface area contributed by atoms with Gasteiger partial charge < -0.3 is 64.9 Å². The lowest BCUT2D eigenvalue weighted by atomic mass is 9.37. The van der Waals surface area contributed by atoms with Crippen molar-refractivity contribution in [3.63, 3.8) is 0 Å². The van der Waals surface area contributed by atoms with Gasteiger partial charge in [0.05, 0.1) is 31.3 Å². The van der Waals surface area contributed by atoms with Crippen LogP contribution in [0, 0.1) is 50.7 Å². The summed E-state index contributed by atoms with van der Waals surface area (Å²) >= 11 is 0. The van der Waals surface area contributed by atoms with Crippen molar-refractivity contribution >= 4 is 5.97 Å². The molecule has 2 saturated heterocycles. The van der Waals surface area contributed by atoms with Crippen molar-refractivity contribution in [3.05, 3.63) is 11.6 Å². The van der Waals surface area contributed by atoms with E-state index in [9.17, 15) is 50.8 Å². The molecule has 0 aromatic rings. The monoisotopic (exact) mass is 782 g/mol. The van der Waals surface area contributed by atoms with Gasteiger partial charge in [0, 0.05) is 5.41 Å². The minimum Gasteiger partial charge on any atom is -0.432 e. The molecule has 0 aromatic carbocycles. The number of aliphatic hydroxyl groups excluding tert-OH is 9. The maximum Gasteiger partial charge on any atom is 0.315 e. The molecular weight excluding hydrogens is 716 g/mol. The molecule has 14 nitrogen and oxygen atoms in total. The Labute approximate surface area is 323 Å². The molecule has 0 aromatic heterocycles. The maximum atomic E-state index is 14.5. The summed E-state index contributed by atoms with van der Waals surface area (Å²) in [7, 11) is 0. The van der Waals surface area contributed by atoms with Gasteiger partial charge in [-0.3, -0.25) is 4.79 Å². The molecule has 55 heavy (non-hydrogen) atoms. The molecule has 314 valence electrons. The number of hydrogen-bond donors (Lipinski definition) is 9. The van der Waals surface area contributed by atoms with Gasteiger partial charge in [-0.2, -0.15) is 0 Å². The first-order chi connectivity index (χ1) is 25.8. The van der Waals surface area contributed by atoms with E-state index in [2.05, 4.69) is 33.8 Å². The molecule has 9 N–H and O–H groups in total. The largest absolute Gasteiger partial charge is 0.432 e. The minimum atomic E-state index is -1.67. The predicted molar refractivity (Wildman–Crippen MR) is 194 cm³/mol. The summed E-state index contributed by atoms with van der Waals surface area (Å²) in [6.45, 7) is 9.97. The second kappa shape index (κ2) is 14.8. The fourth-order valence-corrected chi connectivity index (χ4v) is 13.2. The first-order valence-corrected chi connectivity index (χ1v) is 20.6. The third kappa shape index (κ3) is 6.48. The summed E-state index contributed by atoms with van der Waals surface area (Å²) in [5.41, 5.74) is -0.550. The van der Waals surface area contributed by atoms with Gasteiger partial charge in [0.15, 0.2) is 6.29 Å². The first kappa shape index (κ1) is 41.9. The summed E-state index contributed by atoms with van der Waals surface area (Å²) in [5.74, 6) is -0.0139. The lowest BCUT2D eigenvalue weighted by Gasteiger charge is -2.68. The van der Waals surface area contributed by atoms with E-state index in [1.807, 2.05) is 6.92 Å². The third-order valence-corrected chi connectivity index (χ3v) is 16.5. The van der Waals surface area contributed by atoms with Gasteiger partial charge in [-0.15, -0.1) is 0 Å². The SMILES string of the molecule is CC1(C)CC[C@]2(C(=O)O[C@@H]3O[C@H](CO)[C@@H](O)[C@H](O)[C@H]3O)CC[C@@H]3C(=CC[C@@H]4[C@@]5(C)CC[C@H](O[C@@H]6O[C@H](CO)[C@@H](O)[C@H](O)[C@H]6O)[C@@](C)(CO)[C@@H]5CC[C@]43C)[C@@H]2C1. The highest BCUT2D eigenvalue weighted by molar-refractivity contribution is 5.79. The van der Waals surface area contributed by atoms with E-state index in [1.165, 1.54) is 5.57 Å². The topological polar surface area (TPSA) is 236 Å². The van der Waals surface area contributed by atoms with Crippen LogP contribution in [0.25, 0.3) is 0 Å². The molecular formula is C41H66O14. The molecule has 2 heterocycles. The fourth-order valence-electron chi connectivity index (χ4n) is 13.2. The van der Waals surface area contributed by atoms with E-state index in [4.69, 9.17) is 18.9 Å². The molecule has 4 saturated carbocycles. The van der Waals surface area contributed by atoms with Crippen LogP contribution >= 0.6 is 0 Å². The van der Waals surface area contributed by atoms with Crippen molar-refractivity contribution in [3.8, 4) is 0 Å². The highest BCUT2D eigenvalue weighted by Gasteiger charge is 2.67. The molecule has 7 rings (SSSR count). The molecule has 19 atom stereocenters. The zero-order chi connectivity index (χ0) is 40.0. The quantitative estimate of drug-likeness (QED) is 0.0992. The number of carbonyl (C=O) groups is 1. The number of esters is 1. The lowest BCUT2D eigenvalue weighted by molar-refractivity contribution is -0.332. The fraction of sp³-hybridized carbons (Fsp3) is 0.927. The van der Waals surface area contributed by atoms with Gasteiger partial charge in [0.25, 0.3) is 0 Å². The number of rotatable bonds is 7. The van der Waals surface area contributed by atoms with Crippen LogP contribution in [0.5, 0.6) is 0 Å². The average Bonchev–Trinajstić information content (AvgIpc) is 3.15. The Hall–Kier alpha value is -1.27. The van der Waals surface area contributed by atoms with E-state index < -0.39 is 97.5 Å². The van der Waals surface area contributed by atoms with Crippen molar-refractivity contribution in [1.82, 2.24) is 0 Å². The number of fused-ring (bicyclic) bond motifs is 7. The van der Waals surface area contributed by atoms with Crippen LogP contribution in [0.4, 0.5) is 0 Å². The van der Waals surface area contributed by atoms with Gasteiger partial charge in [-0.05, 0) is 104 Å². The average molecular weight is 783 g/mol. The van der Waals surface area contributed by atoms with E-state index in [0.717, 1.165) is 44.9 Å². The summed E-state index contributed by atoms with van der Waals surface area (Å²) in [6, 6.07) is 0. The van der Waals surface area contributed by atoms with E-state index in [0.29, 0.717) is 19.3 Å². The molecule has 2 aliphatic heterocycles. The number of hydrogen-bond acceptors (Lipinski definition) is 14. The summed E-state index contributed by atoms with van der Waals surface area (Å²) in [4.78, 5) is 14.5. The smallest absolute Gasteiger partial charge is 0.315 e. The van der Waals surface area contributed by atoms with Crippen LogP contribution in [0.1, 0.15) is 98.8 Å². The van der Waals surface area contributed by atoms with Crippen molar-refractivity contribution in [2.45, 2.75) is 166 Å². The van der Waals surface area contributed by atoms with Gasteiger partial charge in [-0.1, -0.05) is 46.3 Å². The predicted octanol–water partition coefficient (Wildman–Crippen LogP) is 0.899. The highest BCUT2D eigenvalue weighted by Crippen LogP contribution is 2.72. The molecule has 0 spiro atoms. The minimum absolute atomic E-state index is 0.0238. The van der Waals surface area contributed by atoms with Crippen molar-refractivity contribution in [1.29, 1.82) is 0 Å². The third-order valence-electron chi connectivity index (χ3n) is 16.5. The summed E-state index contributed by atoms with van der Waals surface area (Å²) in [5, 5.41) is 93.6. The number of ether oxygens (including phenoxy) is 4. The molecule has 0 bridgehead atoms. The van der Waals surface area contributed by atoms with Gasteiger partial charge >= 0.3 is 5.97 Å². The Kier molecular flexibility index (Phi) is 11.2. The Morgan fingerprint density at radius 2 is 1.29 bits per heavy atom. The van der Waals surface area contributed by atoms with Crippen LogP contribution in [0.3, 0.4) is 0 Å². The Morgan fingerprint density at radius 3 is 1.91 bits per heavy atom. The Balaban J connectivity index is 1.15. The lowest BCUT2D eigenvalue weighted by Crippen LogP contribution is -2.65. The Morgan fingerprint density at radius 1 is 0.691 bits per heavy atom. The van der Waals surface area contributed by atoms with E-state index in [-0.39, 0.29) is 46.5 Å². The normalized spacial score (nSPS) is 53.5. The van der Waals surface area contributed by atoms with Crippen LogP contribution < -0.4 is 0 Å². The number of aliphatic hydroxyl groups is 9. The number of carbonyl (C=O) groups excluding carboxylic acids is 1. The van der Waals surface area contributed by atoms with Gasteiger partial charge in [-0.25, -0.2) is 0 Å². The maximum absolute atomic E-state index is 14.5. The summed E-state index contributed by atoms with van der Waals surface area (Å²) < 4.78 is 23.7.